The van der Waals surface area contributed by atoms with E-state index in [9.17, 15) is 0 Å². The van der Waals surface area contributed by atoms with E-state index >= 15 is 0 Å². The minimum atomic E-state index is 0.423. The highest BCUT2D eigenvalue weighted by Crippen LogP contribution is 2.35. The summed E-state index contributed by atoms with van der Waals surface area (Å²) in [6, 6.07) is 2.53. The van der Waals surface area contributed by atoms with Crippen LogP contribution >= 0.6 is 11.6 Å². The maximum Gasteiger partial charge on any atom is 0.171 e. The van der Waals surface area contributed by atoms with Crippen molar-refractivity contribution in [3.05, 3.63) is 29.1 Å². The van der Waals surface area contributed by atoms with Crippen molar-refractivity contribution in [2.45, 2.75) is 18.9 Å². The van der Waals surface area contributed by atoms with Gasteiger partial charge in [0.2, 0.25) is 0 Å². The van der Waals surface area contributed by atoms with Gasteiger partial charge < -0.3 is 10.1 Å². The van der Waals surface area contributed by atoms with Gasteiger partial charge in [-0.2, -0.15) is 0 Å². The van der Waals surface area contributed by atoms with Gasteiger partial charge in [0.05, 0.1) is 7.11 Å². The number of rotatable bonds is 2. The molecule has 4 heteroatoms. The van der Waals surface area contributed by atoms with Crippen molar-refractivity contribution in [1.29, 1.82) is 0 Å². The first-order chi connectivity index (χ1) is 8.28. The third-order valence-corrected chi connectivity index (χ3v) is 3.97. The molecule has 1 fully saturated rings. The molecule has 1 saturated heterocycles. The van der Waals surface area contributed by atoms with Gasteiger partial charge in [-0.15, -0.1) is 0 Å². The van der Waals surface area contributed by atoms with Crippen LogP contribution in [0.2, 0.25) is 5.15 Å². The summed E-state index contributed by atoms with van der Waals surface area (Å²) in [5.41, 5.74) is 2.47. The molecule has 2 aliphatic rings. The lowest BCUT2D eigenvalue weighted by Crippen LogP contribution is -2.52. The Kier molecular flexibility index (Phi) is 2.81. The fourth-order valence-electron chi connectivity index (χ4n) is 2.53. The van der Waals surface area contributed by atoms with Gasteiger partial charge in [0.1, 0.15) is 0 Å². The molecule has 0 unspecified atom stereocenters. The molecule has 1 aliphatic heterocycles. The van der Waals surface area contributed by atoms with Gasteiger partial charge in [-0.05, 0) is 36.0 Å². The van der Waals surface area contributed by atoms with Crippen molar-refractivity contribution in [3.8, 4) is 5.75 Å². The molecule has 3 rings (SSSR count). The Morgan fingerprint density at radius 3 is 3.06 bits per heavy atom. The molecule has 1 aliphatic carbocycles. The number of fused-ring (bicyclic) bond motifs is 1. The van der Waals surface area contributed by atoms with Crippen LogP contribution in [0.5, 0.6) is 5.75 Å². The van der Waals surface area contributed by atoms with Crippen molar-refractivity contribution >= 4 is 17.2 Å². The normalized spacial score (nSPS) is 26.8. The van der Waals surface area contributed by atoms with Crippen LogP contribution in [0.25, 0.3) is 5.57 Å². The summed E-state index contributed by atoms with van der Waals surface area (Å²) in [6.07, 6.45) is 6.53. The van der Waals surface area contributed by atoms with E-state index < -0.39 is 0 Å². The molecule has 2 heterocycles. The molecule has 0 spiro atoms. The van der Waals surface area contributed by atoms with E-state index in [-0.39, 0.29) is 0 Å². The summed E-state index contributed by atoms with van der Waals surface area (Å²) < 4.78 is 5.20. The van der Waals surface area contributed by atoms with Crippen LogP contribution in [0.15, 0.2) is 18.3 Å². The van der Waals surface area contributed by atoms with Gasteiger partial charge in [-0.1, -0.05) is 17.7 Å². The summed E-state index contributed by atoms with van der Waals surface area (Å²) in [5, 5.41) is 3.86. The monoisotopic (exact) mass is 250 g/mol. The maximum atomic E-state index is 5.93. The highest BCUT2D eigenvalue weighted by Gasteiger charge is 2.31. The molecule has 3 nitrogen and oxygen atoms in total. The minimum Gasteiger partial charge on any atom is -0.494 e. The molecule has 1 aromatic heterocycles. The van der Waals surface area contributed by atoms with Crippen LogP contribution in [0.3, 0.4) is 0 Å². The topological polar surface area (TPSA) is 34.1 Å². The molecule has 17 heavy (non-hydrogen) atoms. The second kappa shape index (κ2) is 4.31. The Balaban J connectivity index is 1.91. The zero-order chi connectivity index (χ0) is 11.8. The first kappa shape index (κ1) is 11.1. The van der Waals surface area contributed by atoms with Gasteiger partial charge in [0.15, 0.2) is 10.9 Å². The smallest absolute Gasteiger partial charge is 0.171 e. The summed E-state index contributed by atoms with van der Waals surface area (Å²) in [7, 11) is 1.62. The molecule has 0 aromatic carbocycles. The Morgan fingerprint density at radius 2 is 2.41 bits per heavy atom. The largest absolute Gasteiger partial charge is 0.494 e. The third kappa shape index (κ3) is 1.94. The van der Waals surface area contributed by atoms with Gasteiger partial charge >= 0.3 is 0 Å². The zero-order valence-electron chi connectivity index (χ0n) is 9.74. The quantitative estimate of drug-likeness (QED) is 0.819. The van der Waals surface area contributed by atoms with Gasteiger partial charge in [0, 0.05) is 18.8 Å². The molecule has 0 saturated carbocycles. The average Bonchev–Trinajstić information content (AvgIpc) is 2.32. The van der Waals surface area contributed by atoms with Crippen LogP contribution < -0.4 is 10.1 Å². The standard InChI is InChI=1S/C13H15ClN2O/c1-17-12-5-10(7-16-13(12)14)8-2-3-9-6-15-11(9)4-8/h4-5,7,9,11,15H,2-3,6H2,1H3/t9-,11-/m1/s1. The Labute approximate surface area is 106 Å². The summed E-state index contributed by atoms with van der Waals surface area (Å²) >= 11 is 5.93. The number of methoxy groups -OCH3 is 1. The number of pyridine rings is 1. The van der Waals surface area contributed by atoms with Crippen LogP contribution in [-0.4, -0.2) is 24.7 Å². The second-order valence-electron chi connectivity index (χ2n) is 4.64. The third-order valence-electron chi connectivity index (χ3n) is 3.69. The van der Waals surface area contributed by atoms with Crippen LogP contribution in [0.1, 0.15) is 18.4 Å². The van der Waals surface area contributed by atoms with E-state index in [4.69, 9.17) is 16.3 Å². The number of halogens is 1. The fourth-order valence-corrected chi connectivity index (χ4v) is 2.71. The Morgan fingerprint density at radius 1 is 1.53 bits per heavy atom. The van der Waals surface area contributed by atoms with Crippen molar-refractivity contribution in [1.82, 2.24) is 10.3 Å². The molecule has 1 N–H and O–H groups in total. The van der Waals surface area contributed by atoms with Crippen LogP contribution in [-0.2, 0) is 0 Å². The predicted molar refractivity (Wildman–Crippen MR) is 68.3 cm³/mol. The average molecular weight is 251 g/mol. The second-order valence-corrected chi connectivity index (χ2v) is 5.00. The van der Waals surface area contributed by atoms with Crippen molar-refractivity contribution in [2.24, 2.45) is 5.92 Å². The molecule has 90 valence electrons. The first-order valence-electron chi connectivity index (χ1n) is 5.92. The number of nitrogens with zero attached hydrogens (tertiary/aromatic N) is 1. The van der Waals surface area contributed by atoms with E-state index in [0.717, 1.165) is 24.4 Å². The zero-order valence-corrected chi connectivity index (χ0v) is 10.5. The van der Waals surface area contributed by atoms with Crippen molar-refractivity contribution in [3.63, 3.8) is 0 Å². The van der Waals surface area contributed by atoms with Crippen LogP contribution in [0.4, 0.5) is 0 Å². The lowest BCUT2D eigenvalue weighted by molar-refractivity contribution is 0.256. The van der Waals surface area contributed by atoms with Crippen molar-refractivity contribution in [2.75, 3.05) is 13.7 Å². The minimum absolute atomic E-state index is 0.423. The fraction of sp³-hybridized carbons (Fsp3) is 0.462. The summed E-state index contributed by atoms with van der Waals surface area (Å²) in [5.74, 6) is 1.48. The van der Waals surface area contributed by atoms with Crippen molar-refractivity contribution < 1.29 is 4.74 Å². The lowest BCUT2D eigenvalue weighted by atomic mass is 9.79. The number of nitrogens with one attached hydrogen (secondary N) is 1. The van der Waals surface area contributed by atoms with Gasteiger partial charge in [0.25, 0.3) is 0 Å². The number of hydrogen-bond acceptors (Lipinski definition) is 3. The number of allylic oxidation sites excluding steroid dienone is 1. The number of hydrogen-bond donors (Lipinski definition) is 1. The molecule has 1 aromatic rings. The SMILES string of the molecule is COc1cc(C2=C[C@H]3NC[C@H]3CC2)cnc1Cl. The highest BCUT2D eigenvalue weighted by molar-refractivity contribution is 6.30. The Hall–Kier alpha value is -1.06. The summed E-state index contributed by atoms with van der Waals surface area (Å²) in [6.45, 7) is 1.16. The molecule has 0 radical (unpaired) electrons. The maximum absolute atomic E-state index is 5.93. The number of ether oxygens (including phenoxy) is 1. The molecule has 0 amide bonds. The van der Waals surface area contributed by atoms with Gasteiger partial charge in [-0.25, -0.2) is 4.98 Å². The molecule has 2 atom stereocenters. The van der Waals surface area contributed by atoms with E-state index in [0.29, 0.717) is 16.9 Å². The van der Waals surface area contributed by atoms with Gasteiger partial charge in [-0.3, -0.25) is 0 Å². The predicted octanol–water partition coefficient (Wildman–Crippen LogP) is 2.51. The Bertz CT molecular complexity index is 472. The number of aromatic nitrogens is 1. The van der Waals surface area contributed by atoms with E-state index in [1.165, 1.54) is 12.0 Å². The van der Waals surface area contributed by atoms with Crippen LogP contribution in [0, 0.1) is 5.92 Å². The lowest BCUT2D eigenvalue weighted by Gasteiger charge is -2.40. The molecule has 0 bridgehead atoms. The summed E-state index contributed by atoms with van der Waals surface area (Å²) in [4.78, 5) is 4.17. The van der Waals surface area contributed by atoms with E-state index in [1.807, 2.05) is 12.3 Å². The molecular formula is C13H15ClN2O. The van der Waals surface area contributed by atoms with E-state index in [1.54, 1.807) is 7.11 Å². The first-order valence-corrected chi connectivity index (χ1v) is 6.29. The highest BCUT2D eigenvalue weighted by atomic mass is 35.5. The van der Waals surface area contributed by atoms with E-state index in [2.05, 4.69) is 16.4 Å². The molecular weight excluding hydrogens is 236 g/mol.